The van der Waals surface area contributed by atoms with Crippen LogP contribution >= 0.6 is 0 Å². The highest BCUT2D eigenvalue weighted by Crippen LogP contribution is 2.33. The molecule has 0 spiro atoms. The van der Waals surface area contributed by atoms with Crippen molar-refractivity contribution in [1.82, 2.24) is 9.80 Å². The van der Waals surface area contributed by atoms with Crippen molar-refractivity contribution in [3.05, 3.63) is 0 Å². The van der Waals surface area contributed by atoms with E-state index in [4.69, 9.17) is 4.74 Å². The number of carbonyl (C=O) groups excluding carboxylic acids is 2. The van der Waals surface area contributed by atoms with Gasteiger partial charge in [0.2, 0.25) is 11.8 Å². The van der Waals surface area contributed by atoms with Crippen LogP contribution in [0.1, 0.15) is 51.4 Å². The van der Waals surface area contributed by atoms with Crippen LogP contribution in [0.25, 0.3) is 0 Å². The summed E-state index contributed by atoms with van der Waals surface area (Å²) >= 11 is 0. The zero-order valence-corrected chi connectivity index (χ0v) is 13.8. The molecule has 3 fully saturated rings. The smallest absolute Gasteiger partial charge is 0.245 e. The van der Waals surface area contributed by atoms with Crippen LogP contribution in [-0.2, 0) is 14.3 Å². The van der Waals surface area contributed by atoms with Crippen molar-refractivity contribution in [3.8, 4) is 0 Å². The van der Waals surface area contributed by atoms with Gasteiger partial charge in [0.25, 0.3) is 0 Å². The van der Waals surface area contributed by atoms with Crippen LogP contribution in [-0.4, -0.2) is 71.2 Å². The van der Waals surface area contributed by atoms with E-state index in [-0.39, 0.29) is 24.3 Å². The Balaban J connectivity index is 1.65. The predicted octanol–water partition coefficient (Wildman–Crippen LogP) is 0.921. The Bertz CT molecular complexity index is 442. The number of hydrogen-bond donors (Lipinski definition) is 1. The first-order chi connectivity index (χ1) is 11.1. The molecular formula is C17H28N2O4. The van der Waals surface area contributed by atoms with Crippen LogP contribution in [0.4, 0.5) is 0 Å². The Hall–Kier alpha value is -1.14. The Morgan fingerprint density at radius 2 is 1.74 bits per heavy atom. The van der Waals surface area contributed by atoms with Crippen molar-refractivity contribution in [2.45, 2.75) is 63.0 Å². The van der Waals surface area contributed by atoms with Gasteiger partial charge < -0.3 is 19.6 Å². The zero-order chi connectivity index (χ0) is 16.3. The number of amides is 2. The van der Waals surface area contributed by atoms with Gasteiger partial charge in [0, 0.05) is 19.6 Å². The molecule has 23 heavy (non-hydrogen) atoms. The summed E-state index contributed by atoms with van der Waals surface area (Å²) in [6.45, 7) is 3.01. The minimum absolute atomic E-state index is 0.0549. The first-order valence-corrected chi connectivity index (χ1v) is 8.97. The highest BCUT2D eigenvalue weighted by molar-refractivity contribution is 5.88. The van der Waals surface area contributed by atoms with Crippen molar-refractivity contribution in [2.24, 2.45) is 0 Å². The molecule has 130 valence electrons. The van der Waals surface area contributed by atoms with Crippen LogP contribution < -0.4 is 0 Å². The molecule has 3 aliphatic rings. The number of ether oxygens (including phenoxy) is 1. The molecule has 0 aromatic rings. The molecule has 3 rings (SSSR count). The molecule has 2 heterocycles. The van der Waals surface area contributed by atoms with Crippen LogP contribution in [0, 0.1) is 0 Å². The molecule has 1 aliphatic carbocycles. The summed E-state index contributed by atoms with van der Waals surface area (Å²) < 4.78 is 5.31. The van der Waals surface area contributed by atoms with E-state index in [9.17, 15) is 14.7 Å². The maximum atomic E-state index is 12.8. The molecule has 1 unspecified atom stereocenters. The monoisotopic (exact) mass is 324 g/mol. The number of morpholine rings is 1. The number of nitrogens with zero attached hydrogens (tertiary/aromatic N) is 2. The third kappa shape index (κ3) is 3.86. The Morgan fingerprint density at radius 3 is 2.43 bits per heavy atom. The van der Waals surface area contributed by atoms with Crippen LogP contribution in [0.2, 0.25) is 0 Å². The zero-order valence-electron chi connectivity index (χ0n) is 13.8. The van der Waals surface area contributed by atoms with Gasteiger partial charge in [0.05, 0.1) is 25.2 Å². The molecule has 6 heteroatoms. The van der Waals surface area contributed by atoms with Gasteiger partial charge in [-0.05, 0) is 32.1 Å². The van der Waals surface area contributed by atoms with Gasteiger partial charge >= 0.3 is 0 Å². The molecular weight excluding hydrogens is 296 g/mol. The molecule has 2 amide bonds. The second kappa shape index (κ2) is 7.18. The number of aliphatic hydroxyl groups is 1. The van der Waals surface area contributed by atoms with Gasteiger partial charge in [-0.25, -0.2) is 0 Å². The highest BCUT2D eigenvalue weighted by Gasteiger charge is 2.39. The van der Waals surface area contributed by atoms with E-state index in [0.717, 1.165) is 32.1 Å². The first-order valence-electron chi connectivity index (χ1n) is 8.97. The summed E-state index contributed by atoms with van der Waals surface area (Å²) in [5.74, 6) is 0.000436. The quantitative estimate of drug-likeness (QED) is 0.838. The lowest BCUT2D eigenvalue weighted by Gasteiger charge is -2.39. The molecule has 6 nitrogen and oxygen atoms in total. The summed E-state index contributed by atoms with van der Waals surface area (Å²) in [4.78, 5) is 29.1. The van der Waals surface area contributed by atoms with Gasteiger partial charge in [-0.2, -0.15) is 0 Å². The fourth-order valence-corrected chi connectivity index (χ4v) is 4.07. The lowest BCUT2D eigenvalue weighted by Crippen LogP contribution is -2.55. The second-order valence-corrected chi connectivity index (χ2v) is 7.14. The standard InChI is InChI=1S/C17H28N2O4/c20-15(13-17(22)6-2-3-7-17)19-8-4-1-5-14(19)16(21)18-9-11-23-12-10-18/h14,22H,1-13H2. The molecule has 1 N–H and O–H groups in total. The van der Waals surface area contributed by atoms with Crippen molar-refractivity contribution < 1.29 is 19.4 Å². The summed E-state index contributed by atoms with van der Waals surface area (Å²) in [6.07, 6.45) is 6.20. The molecule has 0 aromatic carbocycles. The van der Waals surface area contributed by atoms with E-state index in [0.29, 0.717) is 45.7 Å². The Labute approximate surface area is 137 Å². The molecule has 2 aliphatic heterocycles. The largest absolute Gasteiger partial charge is 0.389 e. The maximum Gasteiger partial charge on any atom is 0.245 e. The average molecular weight is 324 g/mol. The van der Waals surface area contributed by atoms with Gasteiger partial charge in [0.1, 0.15) is 6.04 Å². The summed E-state index contributed by atoms with van der Waals surface area (Å²) in [7, 11) is 0. The molecule has 0 aromatic heterocycles. The second-order valence-electron chi connectivity index (χ2n) is 7.14. The van der Waals surface area contributed by atoms with E-state index in [2.05, 4.69) is 0 Å². The maximum absolute atomic E-state index is 12.8. The van der Waals surface area contributed by atoms with Crippen LogP contribution in [0.15, 0.2) is 0 Å². The first kappa shape index (κ1) is 16.7. The third-order valence-corrected chi connectivity index (χ3v) is 5.45. The van der Waals surface area contributed by atoms with E-state index < -0.39 is 5.60 Å². The lowest BCUT2D eigenvalue weighted by molar-refractivity contribution is -0.152. The summed E-state index contributed by atoms with van der Waals surface area (Å²) in [5, 5.41) is 10.5. The van der Waals surface area contributed by atoms with Gasteiger partial charge in [-0.1, -0.05) is 12.8 Å². The molecule has 0 bridgehead atoms. The predicted molar refractivity (Wildman–Crippen MR) is 84.8 cm³/mol. The van der Waals surface area contributed by atoms with Gasteiger partial charge in [0.15, 0.2) is 0 Å². The average Bonchev–Trinajstić information content (AvgIpc) is 3.01. The fourth-order valence-electron chi connectivity index (χ4n) is 4.07. The Kier molecular flexibility index (Phi) is 5.21. The minimum atomic E-state index is -0.846. The summed E-state index contributed by atoms with van der Waals surface area (Å²) in [5.41, 5.74) is -0.846. The van der Waals surface area contributed by atoms with Crippen molar-refractivity contribution >= 4 is 11.8 Å². The number of hydrogen-bond acceptors (Lipinski definition) is 4. The highest BCUT2D eigenvalue weighted by atomic mass is 16.5. The number of carbonyl (C=O) groups is 2. The lowest BCUT2D eigenvalue weighted by atomic mass is 9.94. The molecule has 2 saturated heterocycles. The molecule has 1 atom stereocenters. The van der Waals surface area contributed by atoms with Crippen LogP contribution in [0.3, 0.4) is 0 Å². The minimum Gasteiger partial charge on any atom is -0.389 e. The SMILES string of the molecule is O=C(C1CCCCN1C(=O)CC1(O)CCCC1)N1CCOCC1. The van der Waals surface area contributed by atoms with Crippen molar-refractivity contribution in [3.63, 3.8) is 0 Å². The number of likely N-dealkylation sites (tertiary alicyclic amines) is 1. The topological polar surface area (TPSA) is 70.1 Å². The summed E-state index contributed by atoms with van der Waals surface area (Å²) in [6, 6.07) is -0.348. The van der Waals surface area contributed by atoms with Crippen LogP contribution in [0.5, 0.6) is 0 Å². The van der Waals surface area contributed by atoms with Crippen molar-refractivity contribution in [1.29, 1.82) is 0 Å². The van der Waals surface area contributed by atoms with E-state index in [1.807, 2.05) is 4.90 Å². The van der Waals surface area contributed by atoms with E-state index in [1.54, 1.807) is 4.90 Å². The van der Waals surface area contributed by atoms with Gasteiger partial charge in [-0.15, -0.1) is 0 Å². The van der Waals surface area contributed by atoms with E-state index in [1.165, 1.54) is 0 Å². The van der Waals surface area contributed by atoms with E-state index >= 15 is 0 Å². The van der Waals surface area contributed by atoms with Crippen molar-refractivity contribution in [2.75, 3.05) is 32.8 Å². The normalized spacial score (nSPS) is 28.0. The van der Waals surface area contributed by atoms with Gasteiger partial charge in [-0.3, -0.25) is 9.59 Å². The number of piperidine rings is 1. The fraction of sp³-hybridized carbons (Fsp3) is 0.882. The number of rotatable bonds is 3. The Morgan fingerprint density at radius 1 is 1.04 bits per heavy atom. The molecule has 0 radical (unpaired) electrons. The molecule has 1 saturated carbocycles. The third-order valence-electron chi connectivity index (χ3n) is 5.45.